The topological polar surface area (TPSA) is 61.9 Å². The highest BCUT2D eigenvalue weighted by atomic mass is 35.5. The van der Waals surface area contributed by atoms with Crippen LogP contribution in [0.5, 0.6) is 0 Å². The lowest BCUT2D eigenvalue weighted by Crippen LogP contribution is -2.43. The number of hydrogen-bond donors (Lipinski definition) is 0. The van der Waals surface area contributed by atoms with Gasteiger partial charge in [-0.1, -0.05) is 49.9 Å². The number of nitrogens with zero attached hydrogens (tertiary/aromatic N) is 4. The van der Waals surface area contributed by atoms with Gasteiger partial charge in [-0.15, -0.1) is 0 Å². The molecule has 0 spiro atoms. The average molecular weight is 511 g/mol. The highest BCUT2D eigenvalue weighted by Crippen LogP contribution is 2.40. The molecular formula is C28H32Cl2N4O. The summed E-state index contributed by atoms with van der Waals surface area (Å²) in [4.78, 5) is 19.7. The van der Waals surface area contributed by atoms with Crippen molar-refractivity contribution in [3.63, 3.8) is 0 Å². The van der Waals surface area contributed by atoms with E-state index >= 15 is 0 Å². The third kappa shape index (κ3) is 4.79. The van der Waals surface area contributed by atoms with E-state index in [0.717, 1.165) is 54.5 Å². The summed E-state index contributed by atoms with van der Waals surface area (Å²) in [5.41, 5.74) is 5.03. The first-order chi connectivity index (χ1) is 16.7. The second-order valence-corrected chi connectivity index (χ2v) is 10.6. The molecule has 0 radical (unpaired) electrons. The molecule has 1 aliphatic rings. The van der Waals surface area contributed by atoms with Crippen molar-refractivity contribution in [3.8, 4) is 6.07 Å². The van der Waals surface area contributed by atoms with Crippen LogP contribution in [0.2, 0.25) is 10.2 Å². The molecule has 4 rings (SSSR count). The van der Waals surface area contributed by atoms with E-state index in [4.69, 9.17) is 23.2 Å². The minimum atomic E-state index is -0.0758. The van der Waals surface area contributed by atoms with Crippen LogP contribution >= 0.6 is 23.2 Å². The molecule has 0 unspecified atom stereocenters. The fraction of sp³-hybridized carbons (Fsp3) is 0.464. The normalized spacial score (nSPS) is 15.4. The van der Waals surface area contributed by atoms with Crippen LogP contribution in [-0.2, 0) is 13.5 Å². The Labute approximate surface area is 217 Å². The van der Waals surface area contributed by atoms with Gasteiger partial charge in [-0.25, -0.2) is 4.98 Å². The van der Waals surface area contributed by atoms with E-state index in [1.54, 1.807) is 0 Å². The zero-order chi connectivity index (χ0) is 25.3. The number of piperidine rings is 1. The van der Waals surface area contributed by atoms with E-state index in [1.165, 1.54) is 19.0 Å². The Balaban J connectivity index is 1.62. The van der Waals surface area contributed by atoms with Gasteiger partial charge in [-0.05, 0) is 55.4 Å². The molecule has 7 heteroatoms. The molecule has 1 fully saturated rings. The minimum Gasteiger partial charge on any atom is -0.347 e. The number of carbonyl (C=O) groups excluding carboxylic acids is 1. The third-order valence-electron chi connectivity index (χ3n) is 7.88. The van der Waals surface area contributed by atoms with Gasteiger partial charge in [0.15, 0.2) is 0 Å². The molecule has 0 aliphatic carbocycles. The second kappa shape index (κ2) is 10.2. The number of nitriles is 1. The van der Waals surface area contributed by atoms with Crippen molar-refractivity contribution in [2.75, 3.05) is 13.1 Å². The van der Waals surface area contributed by atoms with Gasteiger partial charge in [-0.3, -0.25) is 4.79 Å². The van der Waals surface area contributed by atoms with Gasteiger partial charge in [0.1, 0.15) is 5.15 Å². The van der Waals surface area contributed by atoms with Gasteiger partial charge < -0.3 is 9.47 Å². The molecule has 1 aromatic carbocycles. The van der Waals surface area contributed by atoms with Gasteiger partial charge >= 0.3 is 0 Å². The van der Waals surface area contributed by atoms with Gasteiger partial charge in [0, 0.05) is 54.9 Å². The van der Waals surface area contributed by atoms with Gasteiger partial charge in [-0.2, -0.15) is 5.26 Å². The molecule has 0 N–H and O–H groups in total. The summed E-state index contributed by atoms with van der Waals surface area (Å²) in [6, 6.07) is 8.09. The third-order valence-corrected chi connectivity index (χ3v) is 8.64. The number of aromatic nitrogens is 2. The molecule has 5 nitrogen and oxygen atoms in total. The summed E-state index contributed by atoms with van der Waals surface area (Å²) in [7, 11) is 1.96. The second-order valence-electron chi connectivity index (χ2n) is 9.86. The summed E-state index contributed by atoms with van der Waals surface area (Å²) in [5, 5.41) is 11.1. The number of hydrogen-bond acceptors (Lipinski definition) is 3. The number of aryl methyl sites for hydroxylation is 2. The van der Waals surface area contributed by atoms with Crippen molar-refractivity contribution in [2.45, 2.75) is 59.3 Å². The smallest absolute Gasteiger partial charge is 0.256 e. The first kappa shape index (κ1) is 25.5. The molecule has 0 saturated carbocycles. The Morgan fingerprint density at radius 3 is 2.54 bits per heavy atom. The largest absolute Gasteiger partial charge is 0.347 e. The van der Waals surface area contributed by atoms with E-state index in [9.17, 15) is 10.1 Å². The number of rotatable bonds is 6. The lowest BCUT2D eigenvalue weighted by atomic mass is 9.73. The Bertz CT molecular complexity index is 1310. The zero-order valence-corrected chi connectivity index (χ0v) is 22.4. The highest BCUT2D eigenvalue weighted by Gasteiger charge is 2.34. The number of carbonyl (C=O) groups is 1. The molecule has 184 valence electrons. The predicted molar refractivity (Wildman–Crippen MR) is 142 cm³/mol. The molecule has 35 heavy (non-hydrogen) atoms. The van der Waals surface area contributed by atoms with Crippen molar-refractivity contribution in [2.24, 2.45) is 12.5 Å². The number of amides is 1. The van der Waals surface area contributed by atoms with Crippen LogP contribution in [0.1, 0.15) is 78.7 Å². The first-order valence-electron chi connectivity index (χ1n) is 12.3. The van der Waals surface area contributed by atoms with Crippen LogP contribution in [0.15, 0.2) is 24.4 Å². The van der Waals surface area contributed by atoms with E-state index in [1.807, 2.05) is 35.6 Å². The Hall–Kier alpha value is -2.55. The lowest BCUT2D eigenvalue weighted by Gasteiger charge is -2.41. The number of fused-ring (bicyclic) bond motifs is 1. The van der Waals surface area contributed by atoms with Crippen molar-refractivity contribution >= 4 is 40.0 Å². The average Bonchev–Trinajstić information content (AvgIpc) is 3.17. The molecule has 1 saturated heterocycles. The Morgan fingerprint density at radius 1 is 1.20 bits per heavy atom. The molecule has 2 aromatic heterocycles. The monoisotopic (exact) mass is 510 g/mol. The van der Waals surface area contributed by atoms with Crippen LogP contribution in [0.25, 0.3) is 10.9 Å². The molecule has 1 amide bonds. The Morgan fingerprint density at radius 2 is 1.91 bits per heavy atom. The van der Waals surface area contributed by atoms with Gasteiger partial charge in [0.05, 0.1) is 22.2 Å². The summed E-state index contributed by atoms with van der Waals surface area (Å²) in [6.07, 6.45) is 7.52. The molecule has 0 atom stereocenters. The molecular weight excluding hydrogens is 479 g/mol. The number of benzene rings is 1. The summed E-state index contributed by atoms with van der Waals surface area (Å²) in [5.74, 6) is -0.0758. The zero-order valence-electron chi connectivity index (χ0n) is 20.9. The van der Waals surface area contributed by atoms with Crippen molar-refractivity contribution in [3.05, 3.63) is 62.5 Å². The van der Waals surface area contributed by atoms with E-state index in [0.29, 0.717) is 38.7 Å². The number of halogens is 2. The summed E-state index contributed by atoms with van der Waals surface area (Å²) >= 11 is 13.3. The van der Waals surface area contributed by atoms with Crippen LogP contribution in [0.4, 0.5) is 0 Å². The van der Waals surface area contributed by atoms with Crippen molar-refractivity contribution < 1.29 is 4.79 Å². The van der Waals surface area contributed by atoms with Crippen LogP contribution in [0.3, 0.4) is 0 Å². The fourth-order valence-electron chi connectivity index (χ4n) is 5.55. The quantitative estimate of drug-likeness (QED) is 0.332. The van der Waals surface area contributed by atoms with Crippen LogP contribution in [-0.4, -0.2) is 33.4 Å². The Kier molecular flexibility index (Phi) is 7.45. The molecule has 3 aromatic rings. The predicted octanol–water partition coefficient (Wildman–Crippen LogP) is 7.08. The fourth-order valence-corrected chi connectivity index (χ4v) is 6.10. The first-order valence-corrected chi connectivity index (χ1v) is 13.1. The van der Waals surface area contributed by atoms with E-state index in [2.05, 4.69) is 31.0 Å². The molecule has 0 bridgehead atoms. The van der Waals surface area contributed by atoms with Crippen molar-refractivity contribution in [1.29, 1.82) is 5.26 Å². The maximum Gasteiger partial charge on any atom is 0.256 e. The molecule has 3 heterocycles. The minimum absolute atomic E-state index is 0.0758. The number of pyridine rings is 1. The highest BCUT2D eigenvalue weighted by molar-refractivity contribution is 6.37. The number of likely N-dealkylation sites (tertiary alicyclic amines) is 1. The van der Waals surface area contributed by atoms with Crippen LogP contribution < -0.4 is 0 Å². The van der Waals surface area contributed by atoms with Gasteiger partial charge in [0.25, 0.3) is 5.91 Å². The standard InChI is InChI=1S/C28H32Cl2N4O/c1-5-7-28(6-2)8-10-34(11-9-28)27(35)23-17-32-26(30)22(25(23)29)15-20-14-21-18(3)12-19(16-31)13-24(21)33(20)4/h12-14,17H,5-11,15H2,1-4H3. The SMILES string of the molecule is CCCC1(CC)CCN(C(=O)c2cnc(Cl)c(Cc3cc4c(C)cc(C#N)cc4n3C)c2Cl)CC1. The van der Waals surface area contributed by atoms with E-state index < -0.39 is 0 Å². The van der Waals surface area contributed by atoms with Crippen molar-refractivity contribution in [1.82, 2.24) is 14.5 Å². The molecule has 1 aliphatic heterocycles. The van der Waals surface area contributed by atoms with Crippen LogP contribution in [0, 0.1) is 23.7 Å². The maximum atomic E-state index is 13.4. The van der Waals surface area contributed by atoms with E-state index in [-0.39, 0.29) is 5.91 Å². The van der Waals surface area contributed by atoms with Gasteiger partial charge in [0.2, 0.25) is 0 Å². The lowest BCUT2D eigenvalue weighted by molar-refractivity contribution is 0.0544. The summed E-state index contributed by atoms with van der Waals surface area (Å²) in [6.45, 7) is 7.97. The summed E-state index contributed by atoms with van der Waals surface area (Å²) < 4.78 is 2.05. The maximum absolute atomic E-state index is 13.4.